The van der Waals surface area contributed by atoms with Crippen molar-refractivity contribution >= 4 is 22.2 Å². The van der Waals surface area contributed by atoms with Crippen LogP contribution in [0.3, 0.4) is 0 Å². The fraction of sp³-hybridized carbons (Fsp3) is 0.450. The highest BCUT2D eigenvalue weighted by atomic mass is 32.1. The Labute approximate surface area is 163 Å². The molecule has 1 amide bonds. The number of hydrogen-bond donors (Lipinski definition) is 1. The molecular formula is C20H25N3O3S. The Bertz CT molecular complexity index is 815. The van der Waals surface area contributed by atoms with Crippen molar-refractivity contribution in [2.24, 2.45) is 0 Å². The lowest BCUT2D eigenvalue weighted by atomic mass is 10.1. The number of piperazine rings is 1. The van der Waals surface area contributed by atoms with Crippen LogP contribution in [-0.4, -0.2) is 50.3 Å². The molecule has 1 aromatic carbocycles. The molecule has 0 radical (unpaired) electrons. The number of carbonyl (C=O) groups excluding carboxylic acids is 1. The summed E-state index contributed by atoms with van der Waals surface area (Å²) in [6.07, 6.45) is 0. The summed E-state index contributed by atoms with van der Waals surface area (Å²) in [6.45, 7) is 9.05. The van der Waals surface area contributed by atoms with Crippen LogP contribution < -0.4 is 19.7 Å². The summed E-state index contributed by atoms with van der Waals surface area (Å²) in [5, 5.41) is 4.03. The predicted octanol–water partition coefficient (Wildman–Crippen LogP) is 3.11. The van der Waals surface area contributed by atoms with Crippen molar-refractivity contribution in [3.8, 4) is 11.5 Å². The van der Waals surface area contributed by atoms with Crippen LogP contribution >= 0.6 is 11.3 Å². The minimum atomic E-state index is 0.0174. The van der Waals surface area contributed by atoms with Gasteiger partial charge >= 0.3 is 0 Å². The molecule has 1 N–H and O–H groups in total. The second kappa shape index (κ2) is 7.78. The lowest BCUT2D eigenvalue weighted by Gasteiger charge is -2.38. The van der Waals surface area contributed by atoms with Crippen molar-refractivity contribution in [1.29, 1.82) is 0 Å². The molecule has 1 saturated heterocycles. The molecular weight excluding hydrogens is 362 g/mol. The molecule has 2 aliphatic heterocycles. The molecule has 2 aliphatic rings. The van der Waals surface area contributed by atoms with Crippen molar-refractivity contribution in [2.45, 2.75) is 19.9 Å². The van der Waals surface area contributed by atoms with Crippen LogP contribution in [0.1, 0.15) is 35.1 Å². The average molecular weight is 388 g/mol. The number of anilines is 1. The summed E-state index contributed by atoms with van der Waals surface area (Å²) < 4.78 is 10.9. The number of nitrogens with one attached hydrogen (secondary N) is 1. The molecule has 0 unspecified atom stereocenters. The van der Waals surface area contributed by atoms with Crippen LogP contribution in [0.4, 0.5) is 5.00 Å². The number of hydrogen-bond acceptors (Lipinski definition) is 6. The van der Waals surface area contributed by atoms with E-state index in [0.717, 1.165) is 42.6 Å². The van der Waals surface area contributed by atoms with Gasteiger partial charge in [0.1, 0.15) is 0 Å². The van der Waals surface area contributed by atoms with Gasteiger partial charge in [-0.25, -0.2) is 0 Å². The smallest absolute Gasteiger partial charge is 0.261 e. The van der Waals surface area contributed by atoms with Gasteiger partial charge in [-0.1, -0.05) is 6.07 Å². The molecule has 1 aromatic heterocycles. The Morgan fingerprint density at radius 2 is 1.93 bits per heavy atom. The maximum Gasteiger partial charge on any atom is 0.261 e. The third-order valence-electron chi connectivity index (χ3n) is 5.21. The Morgan fingerprint density at radius 1 is 1.15 bits per heavy atom. The molecule has 3 heterocycles. The number of ether oxygens (including phenoxy) is 2. The van der Waals surface area contributed by atoms with Crippen LogP contribution in [0.5, 0.6) is 11.5 Å². The van der Waals surface area contributed by atoms with Crippen LogP contribution in [0.15, 0.2) is 30.3 Å². The highest BCUT2D eigenvalue weighted by Crippen LogP contribution is 2.36. The third kappa shape index (κ3) is 3.75. The van der Waals surface area contributed by atoms with Gasteiger partial charge in [0.05, 0.1) is 9.88 Å². The molecule has 4 rings (SSSR count). The predicted molar refractivity (Wildman–Crippen MR) is 107 cm³/mol. The average Bonchev–Trinajstić information content (AvgIpc) is 3.36. The lowest BCUT2D eigenvalue weighted by Crippen LogP contribution is -2.46. The van der Waals surface area contributed by atoms with Crippen LogP contribution in [-0.2, 0) is 0 Å². The standard InChI is InChI=1S/C20H25N3O3S/c1-3-21-20(24)18-6-7-19(27-18)23-10-8-22(9-11-23)14(2)15-4-5-16-17(12-15)26-13-25-16/h4-7,12,14H,3,8-11,13H2,1-2H3,(H,21,24)/t14-/m1/s1. The van der Waals surface area contributed by atoms with Gasteiger partial charge in [0.2, 0.25) is 6.79 Å². The first-order valence-corrected chi connectivity index (χ1v) is 10.2. The summed E-state index contributed by atoms with van der Waals surface area (Å²) in [7, 11) is 0. The number of rotatable bonds is 5. The molecule has 27 heavy (non-hydrogen) atoms. The molecule has 1 atom stereocenters. The highest BCUT2D eigenvalue weighted by molar-refractivity contribution is 7.18. The molecule has 2 aromatic rings. The van der Waals surface area contributed by atoms with E-state index in [1.54, 1.807) is 11.3 Å². The lowest BCUT2D eigenvalue weighted by molar-refractivity contribution is 0.0960. The second-order valence-electron chi connectivity index (χ2n) is 6.81. The van der Waals surface area contributed by atoms with Gasteiger partial charge in [0.15, 0.2) is 11.5 Å². The molecule has 7 heteroatoms. The minimum Gasteiger partial charge on any atom is -0.454 e. The van der Waals surface area contributed by atoms with Crippen molar-refractivity contribution in [2.75, 3.05) is 44.4 Å². The molecule has 6 nitrogen and oxygen atoms in total. The van der Waals surface area contributed by atoms with Gasteiger partial charge in [-0.15, -0.1) is 11.3 Å². The summed E-state index contributed by atoms with van der Waals surface area (Å²) >= 11 is 1.57. The highest BCUT2D eigenvalue weighted by Gasteiger charge is 2.25. The fourth-order valence-electron chi connectivity index (χ4n) is 3.58. The van der Waals surface area contributed by atoms with Crippen LogP contribution in [0.2, 0.25) is 0 Å². The Morgan fingerprint density at radius 3 is 2.70 bits per heavy atom. The van der Waals surface area contributed by atoms with Crippen molar-refractivity contribution in [3.05, 3.63) is 40.8 Å². The minimum absolute atomic E-state index is 0.0174. The number of amides is 1. The monoisotopic (exact) mass is 387 g/mol. The van der Waals surface area contributed by atoms with E-state index in [1.807, 2.05) is 19.1 Å². The van der Waals surface area contributed by atoms with Gasteiger partial charge in [0, 0.05) is 38.8 Å². The van der Waals surface area contributed by atoms with E-state index in [9.17, 15) is 4.79 Å². The zero-order chi connectivity index (χ0) is 18.8. The zero-order valence-corrected chi connectivity index (χ0v) is 16.6. The normalized spacial score (nSPS) is 17.8. The van der Waals surface area contributed by atoms with Gasteiger partial charge < -0.3 is 19.7 Å². The van der Waals surface area contributed by atoms with E-state index in [1.165, 1.54) is 10.6 Å². The largest absolute Gasteiger partial charge is 0.454 e. The zero-order valence-electron chi connectivity index (χ0n) is 15.7. The Balaban J connectivity index is 1.36. The number of carbonyl (C=O) groups is 1. The fourth-order valence-corrected chi connectivity index (χ4v) is 4.55. The van der Waals surface area contributed by atoms with E-state index in [0.29, 0.717) is 19.4 Å². The number of benzene rings is 1. The molecule has 1 fully saturated rings. The van der Waals surface area contributed by atoms with Crippen LogP contribution in [0.25, 0.3) is 0 Å². The van der Waals surface area contributed by atoms with Crippen molar-refractivity contribution in [1.82, 2.24) is 10.2 Å². The summed E-state index contributed by atoms with van der Waals surface area (Å²) in [4.78, 5) is 17.6. The molecule has 0 bridgehead atoms. The summed E-state index contributed by atoms with van der Waals surface area (Å²) in [6, 6.07) is 10.5. The van der Waals surface area contributed by atoms with E-state index in [2.05, 4.69) is 40.2 Å². The summed E-state index contributed by atoms with van der Waals surface area (Å²) in [5.41, 5.74) is 1.25. The van der Waals surface area contributed by atoms with Crippen LogP contribution in [0, 0.1) is 0 Å². The van der Waals surface area contributed by atoms with Gasteiger partial charge in [-0.05, 0) is 43.7 Å². The molecule has 0 aliphatic carbocycles. The second-order valence-corrected chi connectivity index (χ2v) is 7.87. The first-order chi connectivity index (χ1) is 13.2. The first kappa shape index (κ1) is 18.1. The SMILES string of the molecule is CCNC(=O)c1ccc(N2CCN([C@H](C)c3ccc4c(c3)OCO4)CC2)s1. The third-order valence-corrected chi connectivity index (χ3v) is 6.35. The van der Waals surface area contributed by atoms with Gasteiger partial charge in [-0.3, -0.25) is 9.69 Å². The van der Waals surface area contributed by atoms with Gasteiger partial charge in [0.25, 0.3) is 5.91 Å². The number of nitrogens with zero attached hydrogens (tertiary/aromatic N) is 2. The Kier molecular flexibility index (Phi) is 5.22. The van der Waals surface area contributed by atoms with Crippen molar-refractivity contribution < 1.29 is 14.3 Å². The topological polar surface area (TPSA) is 54.0 Å². The molecule has 144 valence electrons. The van der Waals surface area contributed by atoms with E-state index < -0.39 is 0 Å². The quantitative estimate of drug-likeness (QED) is 0.854. The van der Waals surface area contributed by atoms with E-state index >= 15 is 0 Å². The maximum atomic E-state index is 12.0. The number of fused-ring (bicyclic) bond motifs is 1. The molecule has 0 spiro atoms. The maximum absolute atomic E-state index is 12.0. The first-order valence-electron chi connectivity index (χ1n) is 9.42. The number of thiophene rings is 1. The van der Waals surface area contributed by atoms with Gasteiger partial charge in [-0.2, -0.15) is 0 Å². The Hall–Kier alpha value is -2.25. The molecule has 0 saturated carbocycles. The van der Waals surface area contributed by atoms with E-state index in [4.69, 9.17) is 9.47 Å². The van der Waals surface area contributed by atoms with Crippen molar-refractivity contribution in [3.63, 3.8) is 0 Å². The summed E-state index contributed by atoms with van der Waals surface area (Å²) in [5.74, 6) is 1.69. The van der Waals surface area contributed by atoms with E-state index in [-0.39, 0.29) is 5.91 Å².